The van der Waals surface area contributed by atoms with Crippen molar-refractivity contribution >= 4 is 27.5 Å². The number of anilines is 1. The first-order valence-electron chi connectivity index (χ1n) is 11.9. The molecule has 186 valence electrons. The third kappa shape index (κ3) is 4.88. The second-order valence-electron chi connectivity index (χ2n) is 9.11. The molecule has 34 heavy (non-hydrogen) atoms. The summed E-state index contributed by atoms with van der Waals surface area (Å²) in [5, 5.41) is 14.3. The number of nitrogens with one attached hydrogen (secondary N) is 2. The van der Waals surface area contributed by atoms with Gasteiger partial charge in [0, 0.05) is 38.9 Å². The van der Waals surface area contributed by atoms with E-state index in [1.54, 1.807) is 24.9 Å². The van der Waals surface area contributed by atoms with Crippen molar-refractivity contribution in [1.29, 1.82) is 0 Å². The van der Waals surface area contributed by atoms with Crippen molar-refractivity contribution < 1.29 is 18.0 Å². The molecule has 2 aromatic rings. The van der Waals surface area contributed by atoms with Crippen LogP contribution in [0, 0.1) is 12.8 Å². The van der Waals surface area contributed by atoms with Crippen LogP contribution in [-0.4, -0.2) is 63.2 Å². The predicted octanol–water partition coefficient (Wildman–Crippen LogP) is 1.66. The van der Waals surface area contributed by atoms with Gasteiger partial charge in [-0.2, -0.15) is 14.5 Å². The average molecular weight is 492 g/mol. The van der Waals surface area contributed by atoms with Crippen molar-refractivity contribution in [2.24, 2.45) is 13.0 Å². The quantitative estimate of drug-likeness (QED) is 0.606. The van der Waals surface area contributed by atoms with Crippen LogP contribution < -0.4 is 10.6 Å². The molecule has 1 atom stereocenters. The first kappa shape index (κ1) is 24.4. The molecule has 12 heteroatoms. The Bertz CT molecular complexity index is 1160. The van der Waals surface area contributed by atoms with Crippen LogP contribution in [0.4, 0.5) is 5.69 Å². The molecule has 2 aliphatic rings. The molecule has 2 amide bonds. The molecule has 3 heterocycles. The molecule has 2 N–H and O–H groups in total. The highest BCUT2D eigenvalue weighted by Crippen LogP contribution is 2.27. The summed E-state index contributed by atoms with van der Waals surface area (Å²) >= 11 is 0. The molecule has 0 unspecified atom stereocenters. The number of aromatic nitrogens is 4. The maximum atomic E-state index is 13.2. The van der Waals surface area contributed by atoms with Crippen molar-refractivity contribution in [3.63, 3.8) is 0 Å². The molecule has 2 fully saturated rings. The Hall–Kier alpha value is -2.73. The number of aryl methyl sites for hydroxylation is 2. The summed E-state index contributed by atoms with van der Waals surface area (Å²) in [6.07, 6.45) is 8.22. The molecule has 0 spiro atoms. The fraction of sp³-hybridized carbons (Fsp3) is 0.636. The van der Waals surface area contributed by atoms with Crippen LogP contribution in [-0.2, 0) is 28.4 Å². The number of carbonyl (C=O) groups excluding carboxylic acids is 2. The monoisotopic (exact) mass is 491 g/mol. The lowest BCUT2D eigenvalue weighted by Crippen LogP contribution is -2.44. The fourth-order valence-corrected chi connectivity index (χ4v) is 6.36. The standard InChI is InChI=1S/C22H33N7O4S/c1-4-28-14-18(20(26-28)22(31)24-17-9-5-6-10-17)25-21(30)16-8-7-11-29(13-16)34(32,33)19-12-23-27(3)15(19)2/h12,14,16-17H,4-11,13H2,1-3H3,(H,24,31)(H,25,30)/t16-/m1/s1. The lowest BCUT2D eigenvalue weighted by Gasteiger charge is -2.31. The fourth-order valence-electron chi connectivity index (χ4n) is 4.65. The highest BCUT2D eigenvalue weighted by atomic mass is 32.2. The van der Waals surface area contributed by atoms with E-state index in [4.69, 9.17) is 0 Å². The van der Waals surface area contributed by atoms with Crippen molar-refractivity contribution in [2.75, 3.05) is 18.4 Å². The summed E-state index contributed by atoms with van der Waals surface area (Å²) in [6.45, 7) is 4.59. The van der Waals surface area contributed by atoms with E-state index < -0.39 is 15.9 Å². The summed E-state index contributed by atoms with van der Waals surface area (Å²) in [7, 11) is -2.06. The Labute approximate surface area is 199 Å². The van der Waals surface area contributed by atoms with Gasteiger partial charge in [-0.25, -0.2) is 8.42 Å². The van der Waals surface area contributed by atoms with E-state index in [9.17, 15) is 18.0 Å². The Balaban J connectivity index is 1.47. The predicted molar refractivity (Wildman–Crippen MR) is 126 cm³/mol. The van der Waals surface area contributed by atoms with Crippen LogP contribution in [0.3, 0.4) is 0 Å². The first-order valence-corrected chi connectivity index (χ1v) is 13.3. The van der Waals surface area contributed by atoms with Crippen LogP contribution in [0.2, 0.25) is 0 Å². The van der Waals surface area contributed by atoms with E-state index in [-0.39, 0.29) is 35.0 Å². The summed E-state index contributed by atoms with van der Waals surface area (Å²) < 4.78 is 30.8. The zero-order chi connectivity index (χ0) is 24.5. The van der Waals surface area contributed by atoms with E-state index in [1.807, 2.05) is 6.92 Å². The number of rotatable bonds is 7. The van der Waals surface area contributed by atoms with Crippen LogP contribution in [0.5, 0.6) is 0 Å². The lowest BCUT2D eigenvalue weighted by atomic mass is 9.98. The van der Waals surface area contributed by atoms with E-state index in [2.05, 4.69) is 20.8 Å². The molecule has 0 bridgehead atoms. The minimum atomic E-state index is -3.76. The molecule has 0 radical (unpaired) electrons. The van der Waals surface area contributed by atoms with Gasteiger partial charge in [0.05, 0.1) is 23.5 Å². The Morgan fingerprint density at radius 3 is 2.56 bits per heavy atom. The Morgan fingerprint density at radius 2 is 1.91 bits per heavy atom. The third-order valence-electron chi connectivity index (χ3n) is 6.81. The van der Waals surface area contributed by atoms with Gasteiger partial charge in [-0.1, -0.05) is 12.8 Å². The van der Waals surface area contributed by atoms with Crippen LogP contribution >= 0.6 is 0 Å². The average Bonchev–Trinajstić information content (AvgIpc) is 3.55. The summed E-state index contributed by atoms with van der Waals surface area (Å²) in [6, 6.07) is 0.135. The van der Waals surface area contributed by atoms with Crippen molar-refractivity contribution in [3.8, 4) is 0 Å². The van der Waals surface area contributed by atoms with Crippen LogP contribution in [0.25, 0.3) is 0 Å². The van der Waals surface area contributed by atoms with Gasteiger partial charge >= 0.3 is 0 Å². The minimum Gasteiger partial charge on any atom is -0.348 e. The van der Waals surface area contributed by atoms with E-state index in [1.165, 1.54) is 15.2 Å². The molecular weight excluding hydrogens is 458 g/mol. The second-order valence-corrected chi connectivity index (χ2v) is 11.0. The molecule has 1 saturated heterocycles. The van der Waals surface area contributed by atoms with Gasteiger partial charge in [-0.3, -0.25) is 19.0 Å². The molecule has 1 aliphatic heterocycles. The van der Waals surface area contributed by atoms with Crippen LogP contribution in [0.15, 0.2) is 17.3 Å². The number of hydrogen-bond acceptors (Lipinski definition) is 6. The maximum absolute atomic E-state index is 13.2. The summed E-state index contributed by atoms with van der Waals surface area (Å²) in [5.41, 5.74) is 1.09. The van der Waals surface area contributed by atoms with Gasteiger partial charge in [-0.15, -0.1) is 0 Å². The largest absolute Gasteiger partial charge is 0.348 e. The number of amides is 2. The van der Waals surface area contributed by atoms with Crippen molar-refractivity contribution in [1.82, 2.24) is 29.2 Å². The number of piperidine rings is 1. The topological polar surface area (TPSA) is 131 Å². The van der Waals surface area contributed by atoms with Gasteiger partial charge in [0.1, 0.15) is 4.90 Å². The van der Waals surface area contributed by atoms with Gasteiger partial charge in [0.25, 0.3) is 5.91 Å². The Morgan fingerprint density at radius 1 is 1.18 bits per heavy atom. The van der Waals surface area contributed by atoms with Gasteiger partial charge < -0.3 is 10.6 Å². The zero-order valence-electron chi connectivity index (χ0n) is 20.0. The van der Waals surface area contributed by atoms with E-state index >= 15 is 0 Å². The van der Waals surface area contributed by atoms with Gasteiger partial charge in [0.2, 0.25) is 15.9 Å². The molecule has 4 rings (SSSR count). The smallest absolute Gasteiger partial charge is 0.274 e. The number of hydrogen-bond donors (Lipinski definition) is 2. The zero-order valence-corrected chi connectivity index (χ0v) is 20.8. The summed E-state index contributed by atoms with van der Waals surface area (Å²) in [5.74, 6) is -1.14. The maximum Gasteiger partial charge on any atom is 0.274 e. The highest BCUT2D eigenvalue weighted by Gasteiger charge is 2.35. The minimum absolute atomic E-state index is 0.0774. The second kappa shape index (κ2) is 9.87. The van der Waals surface area contributed by atoms with E-state index in [0.717, 1.165) is 25.7 Å². The lowest BCUT2D eigenvalue weighted by molar-refractivity contribution is -0.120. The van der Waals surface area contributed by atoms with Gasteiger partial charge in [-0.05, 0) is 39.5 Å². The van der Waals surface area contributed by atoms with Crippen molar-refractivity contribution in [3.05, 3.63) is 23.8 Å². The molecule has 1 aliphatic carbocycles. The summed E-state index contributed by atoms with van der Waals surface area (Å²) in [4.78, 5) is 26.2. The normalized spacial score (nSPS) is 19.9. The molecule has 1 saturated carbocycles. The number of nitrogens with zero attached hydrogens (tertiary/aromatic N) is 5. The molecule has 2 aromatic heterocycles. The third-order valence-corrected chi connectivity index (χ3v) is 8.78. The molecular formula is C22H33N7O4S. The SMILES string of the molecule is CCn1cc(NC(=O)[C@@H]2CCCN(S(=O)(=O)c3cnn(C)c3C)C2)c(C(=O)NC2CCCC2)n1. The van der Waals surface area contributed by atoms with Crippen LogP contribution in [0.1, 0.15) is 61.6 Å². The highest BCUT2D eigenvalue weighted by molar-refractivity contribution is 7.89. The Kier molecular flexibility index (Phi) is 7.08. The molecule has 0 aromatic carbocycles. The van der Waals surface area contributed by atoms with Crippen molar-refractivity contribution in [2.45, 2.75) is 69.9 Å². The molecule has 11 nitrogen and oxygen atoms in total. The first-order chi connectivity index (χ1) is 16.2. The number of carbonyl (C=O) groups is 2. The van der Waals surface area contributed by atoms with Gasteiger partial charge in [0.15, 0.2) is 5.69 Å². The number of sulfonamides is 1. The van der Waals surface area contributed by atoms with E-state index in [0.29, 0.717) is 37.3 Å².